The summed E-state index contributed by atoms with van der Waals surface area (Å²) in [5.41, 5.74) is 5.82. The van der Waals surface area contributed by atoms with E-state index in [4.69, 9.17) is 10.5 Å². The van der Waals surface area contributed by atoms with E-state index in [1.807, 2.05) is 20.8 Å². The molecule has 1 heterocycles. The van der Waals surface area contributed by atoms with Crippen molar-refractivity contribution < 1.29 is 9.53 Å². The molecule has 5 heteroatoms. The number of amides is 1. The third-order valence-corrected chi connectivity index (χ3v) is 5.90. The van der Waals surface area contributed by atoms with Gasteiger partial charge in [0.1, 0.15) is 5.60 Å². The first-order valence-corrected chi connectivity index (χ1v) is 9.09. The Hall–Kier alpha value is -0.810. The summed E-state index contributed by atoms with van der Waals surface area (Å²) in [6.07, 6.45) is 3.60. The molecule has 1 amide bonds. The van der Waals surface area contributed by atoms with Crippen molar-refractivity contribution in [1.82, 2.24) is 10.2 Å². The Balaban J connectivity index is 1.99. The lowest BCUT2D eigenvalue weighted by molar-refractivity contribution is -0.0840. The van der Waals surface area contributed by atoms with E-state index < -0.39 is 5.60 Å². The maximum absolute atomic E-state index is 12.0. The van der Waals surface area contributed by atoms with Gasteiger partial charge in [-0.2, -0.15) is 0 Å². The quantitative estimate of drug-likeness (QED) is 0.834. The van der Waals surface area contributed by atoms with E-state index in [0.29, 0.717) is 36.4 Å². The number of nitrogens with two attached hydrogens (primary N) is 1. The van der Waals surface area contributed by atoms with Gasteiger partial charge in [-0.05, 0) is 57.8 Å². The number of rotatable bonds is 4. The number of carbonyl (C=O) groups excluding carboxylic acids is 1. The molecule has 2 rings (SSSR count). The Morgan fingerprint density at radius 2 is 2.04 bits per heavy atom. The van der Waals surface area contributed by atoms with Crippen LogP contribution in [0.5, 0.6) is 0 Å². The summed E-state index contributed by atoms with van der Waals surface area (Å²) in [6.45, 7) is 13.8. The zero-order valence-corrected chi connectivity index (χ0v) is 15.5. The van der Waals surface area contributed by atoms with Gasteiger partial charge in [0, 0.05) is 32.2 Å². The van der Waals surface area contributed by atoms with Crippen LogP contribution < -0.4 is 11.1 Å². The molecule has 0 bridgehead atoms. The van der Waals surface area contributed by atoms with Gasteiger partial charge in [0.2, 0.25) is 0 Å². The van der Waals surface area contributed by atoms with Gasteiger partial charge >= 0.3 is 6.09 Å². The van der Waals surface area contributed by atoms with Crippen LogP contribution in [0.25, 0.3) is 0 Å². The molecule has 1 aliphatic carbocycles. The lowest BCUT2D eigenvalue weighted by atomic mass is 9.53. The molecule has 0 radical (unpaired) electrons. The first-order valence-electron chi connectivity index (χ1n) is 9.09. The summed E-state index contributed by atoms with van der Waals surface area (Å²) >= 11 is 0. The average Bonchev–Trinajstić information content (AvgIpc) is 2.39. The van der Waals surface area contributed by atoms with Gasteiger partial charge < -0.3 is 15.8 Å². The van der Waals surface area contributed by atoms with E-state index >= 15 is 0 Å². The van der Waals surface area contributed by atoms with Crippen LogP contribution in [0.1, 0.15) is 53.9 Å². The third kappa shape index (κ3) is 4.18. The molecule has 5 nitrogen and oxygen atoms in total. The molecule has 2 aliphatic rings. The second kappa shape index (κ2) is 6.98. The highest BCUT2D eigenvalue weighted by Crippen LogP contribution is 2.55. The van der Waals surface area contributed by atoms with Gasteiger partial charge in [0.25, 0.3) is 0 Å². The Morgan fingerprint density at radius 1 is 1.39 bits per heavy atom. The van der Waals surface area contributed by atoms with Gasteiger partial charge in [-0.3, -0.25) is 4.90 Å². The second-order valence-electron chi connectivity index (χ2n) is 8.61. The van der Waals surface area contributed by atoms with E-state index in [-0.39, 0.29) is 6.09 Å². The number of alkyl carbamates (subject to hydrolysis) is 1. The molecular weight excluding hydrogens is 290 g/mol. The smallest absolute Gasteiger partial charge is 0.407 e. The van der Waals surface area contributed by atoms with Gasteiger partial charge in [-0.1, -0.05) is 13.3 Å². The van der Waals surface area contributed by atoms with E-state index in [9.17, 15) is 4.79 Å². The normalized spacial score (nSPS) is 29.0. The van der Waals surface area contributed by atoms with Crippen LogP contribution in [0.15, 0.2) is 0 Å². The largest absolute Gasteiger partial charge is 0.444 e. The monoisotopic (exact) mass is 325 g/mol. The van der Waals surface area contributed by atoms with Crippen molar-refractivity contribution in [1.29, 1.82) is 0 Å². The van der Waals surface area contributed by atoms with Crippen molar-refractivity contribution in [2.75, 3.05) is 26.2 Å². The van der Waals surface area contributed by atoms with Crippen molar-refractivity contribution >= 4 is 6.09 Å². The fraction of sp³-hybridized carbons (Fsp3) is 0.944. The standard InChI is InChI=1S/C18H35N3O2/c1-13-11-21(14(2)9-19)12-15(18(13)7-6-8-18)10-20-16(22)23-17(3,4)5/h13-15H,6-12,19H2,1-5H3,(H,20,22). The number of carbonyl (C=O) groups is 1. The fourth-order valence-electron chi connectivity index (χ4n) is 4.26. The van der Waals surface area contributed by atoms with Crippen molar-refractivity contribution in [3.05, 3.63) is 0 Å². The van der Waals surface area contributed by atoms with Crippen molar-refractivity contribution in [3.8, 4) is 0 Å². The number of nitrogens with one attached hydrogen (secondary N) is 1. The minimum atomic E-state index is -0.446. The first-order chi connectivity index (χ1) is 10.7. The highest BCUT2D eigenvalue weighted by atomic mass is 16.6. The summed E-state index contributed by atoms with van der Waals surface area (Å²) in [7, 11) is 0. The molecule has 1 spiro atoms. The molecule has 3 N–H and O–H groups in total. The molecule has 1 saturated carbocycles. The average molecular weight is 325 g/mol. The van der Waals surface area contributed by atoms with Crippen molar-refractivity contribution in [2.24, 2.45) is 23.0 Å². The SMILES string of the molecule is CC(CN)N1CC(C)C2(CCC2)C(CNC(=O)OC(C)(C)C)C1. The minimum absolute atomic E-state index is 0.302. The van der Waals surface area contributed by atoms with Crippen LogP contribution in [0, 0.1) is 17.3 Å². The van der Waals surface area contributed by atoms with E-state index in [0.717, 1.165) is 13.1 Å². The van der Waals surface area contributed by atoms with Gasteiger partial charge in [0.15, 0.2) is 0 Å². The summed E-state index contributed by atoms with van der Waals surface area (Å²) in [5, 5.41) is 3.01. The molecule has 2 fully saturated rings. The number of likely N-dealkylation sites (tertiary alicyclic amines) is 1. The number of piperidine rings is 1. The molecule has 3 unspecified atom stereocenters. The fourth-order valence-corrected chi connectivity index (χ4v) is 4.26. The summed E-state index contributed by atoms with van der Waals surface area (Å²) in [4.78, 5) is 14.5. The van der Waals surface area contributed by atoms with Crippen LogP contribution in [0.2, 0.25) is 0 Å². The summed E-state index contributed by atoms with van der Waals surface area (Å²) < 4.78 is 5.39. The Bertz CT molecular complexity index is 415. The molecular formula is C18H35N3O2. The number of nitrogens with zero attached hydrogens (tertiary/aromatic N) is 1. The van der Waals surface area contributed by atoms with Crippen LogP contribution >= 0.6 is 0 Å². The molecule has 134 valence electrons. The predicted octanol–water partition coefficient (Wildman–Crippen LogP) is 2.60. The Labute approximate surface area is 141 Å². The number of hydrogen-bond acceptors (Lipinski definition) is 4. The molecule has 1 aliphatic heterocycles. The summed E-state index contributed by atoms with van der Waals surface area (Å²) in [5.74, 6) is 1.14. The van der Waals surface area contributed by atoms with Crippen LogP contribution in [-0.2, 0) is 4.74 Å². The van der Waals surface area contributed by atoms with Crippen molar-refractivity contribution in [3.63, 3.8) is 0 Å². The first kappa shape index (κ1) is 18.5. The lowest BCUT2D eigenvalue weighted by Crippen LogP contribution is -2.60. The number of hydrogen-bond donors (Lipinski definition) is 2. The third-order valence-electron chi connectivity index (χ3n) is 5.90. The zero-order valence-electron chi connectivity index (χ0n) is 15.5. The number of ether oxygens (including phenoxy) is 1. The van der Waals surface area contributed by atoms with E-state index in [2.05, 4.69) is 24.1 Å². The molecule has 0 aromatic rings. The van der Waals surface area contributed by atoms with Crippen LogP contribution in [0.4, 0.5) is 4.79 Å². The van der Waals surface area contributed by atoms with Gasteiger partial charge in [-0.25, -0.2) is 4.79 Å². The van der Waals surface area contributed by atoms with Crippen molar-refractivity contribution in [2.45, 2.75) is 65.5 Å². The maximum atomic E-state index is 12.0. The highest BCUT2D eigenvalue weighted by Gasteiger charge is 2.51. The second-order valence-corrected chi connectivity index (χ2v) is 8.61. The molecule has 1 saturated heterocycles. The molecule has 23 heavy (non-hydrogen) atoms. The minimum Gasteiger partial charge on any atom is -0.444 e. The Morgan fingerprint density at radius 3 is 2.52 bits per heavy atom. The van der Waals surface area contributed by atoms with E-state index in [1.165, 1.54) is 19.3 Å². The van der Waals surface area contributed by atoms with Crippen LogP contribution in [-0.4, -0.2) is 48.8 Å². The van der Waals surface area contributed by atoms with Crippen LogP contribution in [0.3, 0.4) is 0 Å². The van der Waals surface area contributed by atoms with Gasteiger partial charge in [-0.15, -0.1) is 0 Å². The molecule has 0 aromatic carbocycles. The molecule has 3 atom stereocenters. The topological polar surface area (TPSA) is 67.6 Å². The molecule has 0 aromatic heterocycles. The lowest BCUT2D eigenvalue weighted by Gasteiger charge is -2.58. The highest BCUT2D eigenvalue weighted by molar-refractivity contribution is 5.67. The summed E-state index contributed by atoms with van der Waals surface area (Å²) in [6, 6.07) is 0.402. The maximum Gasteiger partial charge on any atom is 0.407 e. The predicted molar refractivity (Wildman–Crippen MR) is 93.3 cm³/mol. The van der Waals surface area contributed by atoms with E-state index in [1.54, 1.807) is 0 Å². The Kier molecular flexibility index (Phi) is 5.62. The zero-order chi connectivity index (χ0) is 17.3. The van der Waals surface area contributed by atoms with Gasteiger partial charge in [0.05, 0.1) is 0 Å².